The van der Waals surface area contributed by atoms with Gasteiger partial charge in [-0.3, -0.25) is 38.4 Å². The minimum atomic E-state index is -2.90. The molecule has 5 atom stereocenters. The van der Waals surface area contributed by atoms with Crippen molar-refractivity contribution < 1.29 is 37.0 Å². The summed E-state index contributed by atoms with van der Waals surface area (Å²) in [6.07, 6.45) is 5.05. The van der Waals surface area contributed by atoms with E-state index in [0.29, 0.717) is 73.9 Å². The average Bonchev–Trinajstić information content (AvgIpc) is 4.13. The first-order chi connectivity index (χ1) is 31.4. The maximum absolute atomic E-state index is 15.7. The van der Waals surface area contributed by atoms with Gasteiger partial charge < -0.3 is 24.6 Å². The van der Waals surface area contributed by atoms with E-state index < -0.39 is 42.3 Å². The van der Waals surface area contributed by atoms with Crippen LogP contribution in [0.5, 0.6) is 0 Å². The second-order valence-corrected chi connectivity index (χ2v) is 18.5. The van der Waals surface area contributed by atoms with Gasteiger partial charge in [-0.15, -0.1) is 0 Å². The topological polar surface area (TPSA) is 178 Å². The number of halogens is 3. The molecule has 5 aromatic rings. The van der Waals surface area contributed by atoms with E-state index in [-0.39, 0.29) is 66.5 Å². The molecule has 1 aliphatic carbocycles. The van der Waals surface area contributed by atoms with Gasteiger partial charge in [-0.05, 0) is 69.1 Å². The van der Waals surface area contributed by atoms with Crippen LogP contribution in [0.15, 0.2) is 47.7 Å². The first-order valence-corrected chi connectivity index (χ1v) is 22.7. The number of piperidine rings is 2. The van der Waals surface area contributed by atoms with Gasteiger partial charge in [-0.25, -0.2) is 27.5 Å². The number of alkyl halides is 3. The molecule has 2 bridgehead atoms. The first kappa shape index (κ1) is 41.9. The highest BCUT2D eigenvalue weighted by molar-refractivity contribution is 6.08. The summed E-state index contributed by atoms with van der Waals surface area (Å²) in [5, 5.41) is 13.5. The summed E-state index contributed by atoms with van der Waals surface area (Å²) in [5.41, 5.74) is 1.77. The van der Waals surface area contributed by atoms with Crippen molar-refractivity contribution in [2.75, 3.05) is 61.0 Å². The highest BCUT2D eigenvalue weighted by Crippen LogP contribution is 2.38. The Morgan fingerprint density at radius 3 is 2.60 bits per heavy atom. The van der Waals surface area contributed by atoms with Crippen molar-refractivity contribution in [1.29, 1.82) is 0 Å². The number of imidazole rings is 1. The minimum absolute atomic E-state index is 0.0450. The van der Waals surface area contributed by atoms with Crippen molar-refractivity contribution >= 4 is 51.6 Å². The van der Waals surface area contributed by atoms with Gasteiger partial charge in [0.1, 0.15) is 23.6 Å². The SMILES string of the molecule is Cn1c(=O)n(C2CCC(=O)NC2=O)c2cccc(N3CC(O[C@H]4CCN(C[C@H]5CC[C@H](n6cc(NC(=O)c7cnn8ccc(N9C[C@H]%10C[C@@H]9CO%10)nc78)c(C(F)F)n6)CC5)C[C@@H]4F)C3)c21. The van der Waals surface area contributed by atoms with E-state index >= 15 is 4.39 Å². The number of carbonyl (C=O) groups is 3. The number of aryl methyl sites for hydroxylation is 1. The molecule has 1 aromatic carbocycles. The Morgan fingerprint density at radius 2 is 1.86 bits per heavy atom. The lowest BCUT2D eigenvalue weighted by Crippen LogP contribution is -2.56. The number of amides is 3. The standard InChI is InChI=1S/C44H51F3N12O6/c1-53-39-32(3-2-4-33(39)59(44(53)63)34-9-10-37(60)51-43(34)62)55-18-28(19-55)65-35-11-13-54(21-30(35)45)17-24-5-7-25(8-6-24)58-22-31(38(52-58)40(46)47)49-42(61)29-16-48-57-14-12-36(50-41(29)57)56-20-27-15-26(56)23-64-27/h2-4,12,14,16,22,24-28,30,34-35,40H,5-11,13,15,17-21,23H2,1H3,(H,49,61)(H,51,60,62)/t24-,25-,26-,27-,30+,34?,35+/m1/s1. The van der Waals surface area contributed by atoms with Crippen LogP contribution in [0.4, 0.5) is 30.4 Å². The third kappa shape index (κ3) is 7.63. The molecule has 6 fully saturated rings. The molecular weight excluding hydrogens is 850 g/mol. The number of rotatable bonds is 11. The van der Waals surface area contributed by atoms with Crippen LogP contribution in [0.25, 0.3) is 16.7 Å². The van der Waals surface area contributed by atoms with Gasteiger partial charge in [0.05, 0.1) is 65.6 Å². The lowest BCUT2D eigenvalue weighted by molar-refractivity contribution is -0.135. The molecule has 0 spiro atoms. The van der Waals surface area contributed by atoms with Crippen molar-refractivity contribution in [3.63, 3.8) is 0 Å². The number of benzene rings is 1. The van der Waals surface area contributed by atoms with Gasteiger partial charge in [0, 0.05) is 65.1 Å². The molecule has 5 aliphatic heterocycles. The molecular formula is C44H51F3N12O6. The Balaban J connectivity index is 0.663. The van der Waals surface area contributed by atoms with E-state index in [1.807, 2.05) is 18.2 Å². The number of imide groups is 1. The second-order valence-electron chi connectivity index (χ2n) is 18.5. The number of ether oxygens (including phenoxy) is 2. The molecule has 344 valence electrons. The summed E-state index contributed by atoms with van der Waals surface area (Å²) < 4.78 is 62.4. The van der Waals surface area contributed by atoms with Gasteiger partial charge in [0.2, 0.25) is 11.8 Å². The summed E-state index contributed by atoms with van der Waals surface area (Å²) in [5.74, 6) is -0.390. The smallest absolute Gasteiger partial charge is 0.329 e. The molecule has 11 rings (SSSR count). The lowest BCUT2D eigenvalue weighted by atomic mass is 9.85. The number of hydrogen-bond donors (Lipinski definition) is 2. The Labute approximate surface area is 370 Å². The maximum atomic E-state index is 15.7. The summed E-state index contributed by atoms with van der Waals surface area (Å²) in [6, 6.07) is 6.77. The summed E-state index contributed by atoms with van der Waals surface area (Å²) in [7, 11) is 1.67. The molecule has 65 heavy (non-hydrogen) atoms. The quantitative estimate of drug-likeness (QED) is 0.184. The number of aromatic nitrogens is 7. The average molecular weight is 901 g/mol. The largest absolute Gasteiger partial charge is 0.374 e. The van der Waals surface area contributed by atoms with Crippen molar-refractivity contribution in [2.45, 2.75) is 100 Å². The third-order valence-corrected chi connectivity index (χ3v) is 14.4. The highest BCUT2D eigenvalue weighted by Gasteiger charge is 2.41. The fourth-order valence-corrected chi connectivity index (χ4v) is 11.0. The van der Waals surface area contributed by atoms with Crippen LogP contribution >= 0.6 is 0 Å². The van der Waals surface area contributed by atoms with Crippen LogP contribution in [0.1, 0.15) is 85.9 Å². The Kier molecular flexibility index (Phi) is 10.7. The molecule has 0 radical (unpaired) electrons. The van der Waals surface area contributed by atoms with Crippen LogP contribution in [0.2, 0.25) is 0 Å². The van der Waals surface area contributed by atoms with Gasteiger partial charge in [-0.1, -0.05) is 6.07 Å². The number of morpholine rings is 1. The van der Waals surface area contributed by atoms with Gasteiger partial charge in [0.15, 0.2) is 11.3 Å². The molecule has 6 aliphatic rings. The van der Waals surface area contributed by atoms with E-state index in [1.165, 1.54) is 26.0 Å². The van der Waals surface area contributed by atoms with E-state index in [2.05, 4.69) is 35.5 Å². The van der Waals surface area contributed by atoms with Gasteiger partial charge in [0.25, 0.3) is 12.3 Å². The van der Waals surface area contributed by atoms with Crippen LogP contribution in [-0.4, -0.2) is 133 Å². The number of nitrogens with zero attached hydrogens (tertiary/aromatic N) is 10. The van der Waals surface area contributed by atoms with Crippen LogP contribution < -0.4 is 26.1 Å². The number of hydrogen-bond acceptors (Lipinski definition) is 12. The number of fused-ring (bicyclic) bond motifs is 4. The van der Waals surface area contributed by atoms with Crippen LogP contribution in [0.3, 0.4) is 0 Å². The zero-order valence-electron chi connectivity index (χ0n) is 35.9. The second kappa shape index (κ2) is 16.6. The number of anilines is 3. The lowest BCUT2D eigenvalue weighted by Gasteiger charge is -2.45. The maximum Gasteiger partial charge on any atom is 0.329 e. The summed E-state index contributed by atoms with van der Waals surface area (Å²) >= 11 is 0. The number of carbonyl (C=O) groups excluding carboxylic acids is 3. The number of likely N-dealkylation sites (tertiary alicyclic amines) is 1. The predicted molar refractivity (Wildman–Crippen MR) is 230 cm³/mol. The number of para-hydroxylation sites is 1. The van der Waals surface area contributed by atoms with E-state index in [4.69, 9.17) is 14.5 Å². The molecule has 3 amide bonds. The van der Waals surface area contributed by atoms with Crippen molar-refractivity contribution in [1.82, 2.24) is 43.7 Å². The minimum Gasteiger partial charge on any atom is -0.374 e. The van der Waals surface area contributed by atoms with E-state index in [1.54, 1.807) is 24.0 Å². The monoisotopic (exact) mass is 900 g/mol. The fraction of sp³-hybridized carbons (Fsp3) is 0.568. The highest BCUT2D eigenvalue weighted by atomic mass is 19.3. The predicted octanol–water partition coefficient (Wildman–Crippen LogP) is 3.77. The molecule has 2 N–H and O–H groups in total. The molecule has 5 saturated heterocycles. The van der Waals surface area contributed by atoms with E-state index in [0.717, 1.165) is 38.0 Å². The Hall–Kier alpha value is -5.80. The van der Waals surface area contributed by atoms with Crippen LogP contribution in [0, 0.1) is 5.92 Å². The third-order valence-electron chi connectivity index (χ3n) is 14.4. The zero-order valence-corrected chi connectivity index (χ0v) is 35.9. The molecule has 1 saturated carbocycles. The summed E-state index contributed by atoms with van der Waals surface area (Å²) in [6.45, 7) is 4.13. The molecule has 1 unspecified atom stereocenters. The van der Waals surface area contributed by atoms with Crippen molar-refractivity contribution in [3.8, 4) is 0 Å². The summed E-state index contributed by atoms with van der Waals surface area (Å²) in [4.78, 5) is 62.5. The van der Waals surface area contributed by atoms with Crippen molar-refractivity contribution in [3.05, 3.63) is 64.6 Å². The zero-order chi connectivity index (χ0) is 44.7. The van der Waals surface area contributed by atoms with Gasteiger partial charge in [-0.2, -0.15) is 10.2 Å². The Bertz CT molecular complexity index is 2720. The number of nitrogens with one attached hydrogen (secondary N) is 2. The molecule has 18 nitrogen and oxygen atoms in total. The molecule has 9 heterocycles. The fourth-order valence-electron chi connectivity index (χ4n) is 11.0. The molecule has 4 aromatic heterocycles. The van der Waals surface area contributed by atoms with Crippen molar-refractivity contribution in [2.24, 2.45) is 13.0 Å². The van der Waals surface area contributed by atoms with Gasteiger partial charge >= 0.3 is 5.69 Å². The first-order valence-electron chi connectivity index (χ1n) is 22.7. The van der Waals surface area contributed by atoms with E-state index in [9.17, 15) is 28.0 Å². The molecule has 21 heteroatoms. The normalized spacial score (nSPS) is 27.6. The van der Waals surface area contributed by atoms with Crippen LogP contribution in [-0.2, 0) is 26.1 Å². The Morgan fingerprint density at radius 1 is 1.03 bits per heavy atom.